The number of carbonyl (C=O) groups is 2. The molecule has 5 rings (SSSR count). The van der Waals surface area contributed by atoms with Crippen molar-refractivity contribution in [2.75, 3.05) is 0 Å². The van der Waals surface area contributed by atoms with Crippen LogP contribution >= 0.6 is 0 Å². The maximum Gasteiger partial charge on any atom is 0.257 e. The quantitative estimate of drug-likeness (QED) is 0.242. The number of amides is 2. The number of phenolic OH excluding ortho intramolecular Hbond substituents is 1. The van der Waals surface area contributed by atoms with E-state index in [0.29, 0.717) is 5.56 Å². The van der Waals surface area contributed by atoms with Gasteiger partial charge in [-0.3, -0.25) is 24.6 Å². The van der Waals surface area contributed by atoms with Crippen LogP contribution < -0.4 is 11.1 Å². The van der Waals surface area contributed by atoms with Gasteiger partial charge in [0, 0.05) is 23.7 Å². The van der Waals surface area contributed by atoms with Gasteiger partial charge in [0.2, 0.25) is 5.91 Å². The number of pyridine rings is 1. The number of fused-ring (bicyclic) bond motifs is 1. The summed E-state index contributed by atoms with van der Waals surface area (Å²) in [5.41, 5.74) is 10.6. The van der Waals surface area contributed by atoms with Crippen molar-refractivity contribution in [2.45, 2.75) is 38.8 Å². The number of rotatable bonds is 9. The molecule has 0 unspecified atom stereocenters. The average Bonchev–Trinajstić information content (AvgIpc) is 3.41. The molecule has 2 aromatic heterocycles. The van der Waals surface area contributed by atoms with E-state index in [2.05, 4.69) is 23.3 Å². The van der Waals surface area contributed by atoms with E-state index in [1.807, 2.05) is 53.3 Å². The normalized spacial score (nSPS) is 11.8. The molecule has 0 aliphatic heterocycles. The first-order valence-electron chi connectivity index (χ1n) is 13.3. The van der Waals surface area contributed by atoms with Crippen LogP contribution in [0.5, 0.6) is 5.75 Å². The predicted molar refractivity (Wildman–Crippen MR) is 156 cm³/mol. The van der Waals surface area contributed by atoms with Gasteiger partial charge in [0.05, 0.1) is 17.4 Å². The predicted octanol–water partition coefficient (Wildman–Crippen LogP) is 5.10. The highest BCUT2D eigenvalue weighted by molar-refractivity contribution is 6.06. The Hall–Kier alpha value is -4.82. The van der Waals surface area contributed by atoms with Crippen molar-refractivity contribution in [3.05, 3.63) is 102 Å². The van der Waals surface area contributed by atoms with E-state index in [1.165, 1.54) is 12.1 Å². The minimum atomic E-state index is -0.900. The fraction of sp³-hybridized carbons (Fsp3) is 0.188. The average molecular weight is 534 g/mol. The smallest absolute Gasteiger partial charge is 0.257 e. The van der Waals surface area contributed by atoms with Crippen molar-refractivity contribution in [1.82, 2.24) is 20.1 Å². The third-order valence-electron chi connectivity index (χ3n) is 6.81. The standard InChI is InChI=1S/C32H31N5O3/c1-2-3-16-37-30(19-29(36-37)28-18-24-6-4-5-7-25(24)20-34-28)22-10-12-23(13-11-22)31(39)35-32(40)27(33)17-21-8-14-26(38)15-9-21/h4-15,18-20,27,38H,2-3,16-17,33H2,1H3,(H,35,39,40)/t27-/m0/s1. The van der Waals surface area contributed by atoms with E-state index in [-0.39, 0.29) is 12.2 Å². The lowest BCUT2D eigenvalue weighted by Crippen LogP contribution is -2.44. The molecule has 40 heavy (non-hydrogen) atoms. The Morgan fingerprint density at radius 3 is 2.40 bits per heavy atom. The van der Waals surface area contributed by atoms with Gasteiger partial charge in [0.1, 0.15) is 11.4 Å². The summed E-state index contributed by atoms with van der Waals surface area (Å²) >= 11 is 0. The molecule has 0 radical (unpaired) electrons. The van der Waals surface area contributed by atoms with Gasteiger partial charge in [-0.25, -0.2) is 0 Å². The molecule has 0 spiro atoms. The number of carbonyl (C=O) groups excluding carboxylic acids is 2. The molecule has 8 nitrogen and oxygen atoms in total. The van der Waals surface area contributed by atoms with Gasteiger partial charge in [-0.2, -0.15) is 5.10 Å². The van der Waals surface area contributed by atoms with Crippen LogP contribution in [0.1, 0.15) is 35.7 Å². The molecular weight excluding hydrogens is 502 g/mol. The largest absolute Gasteiger partial charge is 0.508 e. The zero-order valence-corrected chi connectivity index (χ0v) is 22.2. The third kappa shape index (κ3) is 6.08. The van der Waals surface area contributed by atoms with Gasteiger partial charge in [-0.05, 0) is 65.8 Å². The fourth-order valence-electron chi connectivity index (χ4n) is 4.52. The zero-order valence-electron chi connectivity index (χ0n) is 22.2. The summed E-state index contributed by atoms with van der Waals surface area (Å²) in [5.74, 6) is -0.944. The topological polar surface area (TPSA) is 123 Å². The highest BCUT2D eigenvalue weighted by Gasteiger charge is 2.19. The van der Waals surface area contributed by atoms with Crippen LogP contribution in [0.2, 0.25) is 0 Å². The first kappa shape index (κ1) is 26.8. The van der Waals surface area contributed by atoms with Crippen LogP contribution in [0.3, 0.4) is 0 Å². The first-order chi connectivity index (χ1) is 19.4. The van der Waals surface area contributed by atoms with Crippen LogP contribution in [0.4, 0.5) is 0 Å². The van der Waals surface area contributed by atoms with Gasteiger partial charge >= 0.3 is 0 Å². The maximum absolute atomic E-state index is 12.8. The van der Waals surface area contributed by atoms with E-state index < -0.39 is 17.9 Å². The Balaban J connectivity index is 1.32. The number of aromatic nitrogens is 3. The van der Waals surface area contributed by atoms with Crippen LogP contribution in [0, 0.1) is 0 Å². The number of unbranched alkanes of at least 4 members (excludes halogenated alkanes) is 1. The maximum atomic E-state index is 12.8. The van der Waals surface area contributed by atoms with Gasteiger partial charge in [0.15, 0.2) is 0 Å². The summed E-state index contributed by atoms with van der Waals surface area (Å²) in [6.45, 7) is 2.90. The molecule has 2 amide bonds. The number of nitrogens with zero attached hydrogens (tertiary/aromatic N) is 3. The molecule has 0 saturated heterocycles. The van der Waals surface area contributed by atoms with Crippen LogP contribution in [-0.2, 0) is 17.8 Å². The van der Waals surface area contributed by atoms with Gasteiger partial charge in [0.25, 0.3) is 5.91 Å². The lowest BCUT2D eigenvalue weighted by Gasteiger charge is -2.12. The van der Waals surface area contributed by atoms with E-state index in [1.54, 1.807) is 24.3 Å². The van der Waals surface area contributed by atoms with Gasteiger partial charge in [-0.1, -0.05) is 61.9 Å². The van der Waals surface area contributed by atoms with Crippen molar-refractivity contribution in [2.24, 2.45) is 5.73 Å². The molecule has 0 aliphatic carbocycles. The SMILES string of the molecule is CCCCn1nc(-c2cc3ccccc3cn2)cc1-c1ccc(C(=O)NC(=O)[C@@H](N)Cc2ccc(O)cc2)cc1. The number of aryl methyl sites for hydroxylation is 1. The number of nitrogens with two attached hydrogens (primary N) is 1. The van der Waals surface area contributed by atoms with Gasteiger partial charge < -0.3 is 10.8 Å². The fourth-order valence-corrected chi connectivity index (χ4v) is 4.52. The van der Waals surface area contributed by atoms with E-state index in [9.17, 15) is 14.7 Å². The molecule has 3 aromatic carbocycles. The number of imide groups is 1. The molecule has 0 saturated carbocycles. The summed E-state index contributed by atoms with van der Waals surface area (Å²) in [7, 11) is 0. The number of aromatic hydroxyl groups is 1. The minimum absolute atomic E-state index is 0.135. The Kier molecular flexibility index (Phi) is 7.98. The van der Waals surface area contributed by atoms with Gasteiger partial charge in [-0.15, -0.1) is 0 Å². The number of phenols is 1. The zero-order chi connectivity index (χ0) is 28.1. The molecule has 4 N–H and O–H groups in total. The monoisotopic (exact) mass is 533 g/mol. The summed E-state index contributed by atoms with van der Waals surface area (Å²) in [6, 6.07) is 24.8. The van der Waals surface area contributed by atoms with Crippen molar-refractivity contribution >= 4 is 22.6 Å². The molecule has 2 heterocycles. The summed E-state index contributed by atoms with van der Waals surface area (Å²) in [4.78, 5) is 29.9. The summed E-state index contributed by atoms with van der Waals surface area (Å²) < 4.78 is 1.98. The number of nitrogens with one attached hydrogen (secondary N) is 1. The van der Waals surface area contributed by atoms with Crippen LogP contribution in [-0.4, -0.2) is 37.7 Å². The molecule has 1 atom stereocenters. The highest BCUT2D eigenvalue weighted by Crippen LogP contribution is 2.28. The van der Waals surface area contributed by atoms with E-state index in [4.69, 9.17) is 10.8 Å². The van der Waals surface area contributed by atoms with Crippen LogP contribution in [0.15, 0.2) is 91.1 Å². The number of hydrogen-bond donors (Lipinski definition) is 3. The van der Waals surface area contributed by atoms with Crippen molar-refractivity contribution in [1.29, 1.82) is 0 Å². The van der Waals surface area contributed by atoms with Crippen molar-refractivity contribution < 1.29 is 14.7 Å². The summed E-state index contributed by atoms with van der Waals surface area (Å²) in [5, 5.41) is 18.8. The van der Waals surface area contributed by atoms with E-state index >= 15 is 0 Å². The number of benzene rings is 3. The summed E-state index contributed by atoms with van der Waals surface area (Å²) in [6.07, 6.45) is 4.12. The Labute approximate surface area is 232 Å². The first-order valence-corrected chi connectivity index (χ1v) is 13.3. The molecule has 0 bridgehead atoms. The second kappa shape index (κ2) is 11.9. The Morgan fingerprint density at radius 1 is 0.950 bits per heavy atom. The second-order valence-corrected chi connectivity index (χ2v) is 9.78. The lowest BCUT2D eigenvalue weighted by molar-refractivity contribution is -0.121. The minimum Gasteiger partial charge on any atom is -0.508 e. The molecule has 8 heteroatoms. The van der Waals surface area contributed by atoms with Crippen molar-refractivity contribution in [3.8, 4) is 28.4 Å². The Morgan fingerprint density at radius 2 is 1.68 bits per heavy atom. The molecule has 0 fully saturated rings. The van der Waals surface area contributed by atoms with Crippen LogP contribution in [0.25, 0.3) is 33.4 Å². The highest BCUT2D eigenvalue weighted by atomic mass is 16.3. The lowest BCUT2D eigenvalue weighted by atomic mass is 10.1. The second-order valence-electron chi connectivity index (χ2n) is 9.78. The van der Waals surface area contributed by atoms with E-state index in [0.717, 1.165) is 58.4 Å². The molecular formula is C32H31N5O3. The molecule has 5 aromatic rings. The van der Waals surface area contributed by atoms with Crippen molar-refractivity contribution in [3.63, 3.8) is 0 Å². The molecule has 202 valence electrons. The third-order valence-corrected chi connectivity index (χ3v) is 6.81. The molecule has 0 aliphatic rings. The Bertz CT molecular complexity index is 1640. The number of hydrogen-bond acceptors (Lipinski definition) is 6.